The standard InChI is InChI=1S/C23H27F2N3O3S/c1-32(30,31)26-20-6-3-16(4-7-20)17-8-11-27(12-9-17)22-10-13-28(23(22)29)15-18-2-5-19(24)14-21(18)25/h2-7,14,17,22,26H,8-13,15H2,1H3/t22-/m1/s1. The van der Waals surface area contributed by atoms with Gasteiger partial charge in [-0.15, -0.1) is 0 Å². The van der Waals surface area contributed by atoms with Crippen molar-refractivity contribution in [3.8, 4) is 0 Å². The summed E-state index contributed by atoms with van der Waals surface area (Å²) < 4.78 is 52.3. The number of benzene rings is 2. The molecule has 0 aliphatic carbocycles. The van der Waals surface area contributed by atoms with Crippen molar-refractivity contribution in [3.63, 3.8) is 0 Å². The summed E-state index contributed by atoms with van der Waals surface area (Å²) in [5, 5.41) is 0. The Bertz CT molecular complexity index is 1080. The fourth-order valence-corrected chi connectivity index (χ4v) is 5.22. The van der Waals surface area contributed by atoms with Gasteiger partial charge in [-0.3, -0.25) is 14.4 Å². The summed E-state index contributed by atoms with van der Waals surface area (Å²) >= 11 is 0. The van der Waals surface area contributed by atoms with Crippen LogP contribution in [0.15, 0.2) is 42.5 Å². The van der Waals surface area contributed by atoms with Crippen molar-refractivity contribution in [1.82, 2.24) is 9.80 Å². The number of nitrogens with one attached hydrogen (secondary N) is 1. The van der Waals surface area contributed by atoms with Crippen LogP contribution in [0.1, 0.15) is 36.3 Å². The molecule has 0 saturated carbocycles. The normalized spacial score (nSPS) is 20.7. The molecular weight excluding hydrogens is 436 g/mol. The summed E-state index contributed by atoms with van der Waals surface area (Å²) in [4.78, 5) is 16.8. The summed E-state index contributed by atoms with van der Waals surface area (Å²) in [6, 6.07) is 10.7. The van der Waals surface area contributed by atoms with Gasteiger partial charge in [0.2, 0.25) is 15.9 Å². The molecule has 2 aromatic carbocycles. The van der Waals surface area contributed by atoms with E-state index in [1.54, 1.807) is 17.0 Å². The van der Waals surface area contributed by atoms with Crippen molar-refractivity contribution in [2.24, 2.45) is 0 Å². The van der Waals surface area contributed by atoms with Crippen LogP contribution in [-0.2, 0) is 21.4 Å². The number of likely N-dealkylation sites (tertiary alicyclic amines) is 2. The number of piperidine rings is 1. The lowest BCUT2D eigenvalue weighted by molar-refractivity contribution is -0.133. The molecule has 2 aromatic rings. The predicted octanol–water partition coefficient (Wildman–Crippen LogP) is 3.32. The monoisotopic (exact) mass is 463 g/mol. The highest BCUT2D eigenvalue weighted by Crippen LogP contribution is 2.32. The lowest BCUT2D eigenvalue weighted by atomic mass is 9.88. The number of sulfonamides is 1. The van der Waals surface area contributed by atoms with Crippen LogP contribution in [-0.4, -0.2) is 56.1 Å². The van der Waals surface area contributed by atoms with Gasteiger partial charge in [-0.05, 0) is 62.0 Å². The average molecular weight is 464 g/mol. The van der Waals surface area contributed by atoms with Crippen molar-refractivity contribution in [2.75, 3.05) is 30.6 Å². The second-order valence-electron chi connectivity index (χ2n) is 8.61. The first kappa shape index (κ1) is 22.7. The van der Waals surface area contributed by atoms with Gasteiger partial charge in [0.1, 0.15) is 11.6 Å². The van der Waals surface area contributed by atoms with E-state index >= 15 is 0 Å². The summed E-state index contributed by atoms with van der Waals surface area (Å²) in [5.41, 5.74) is 2.03. The van der Waals surface area contributed by atoms with Crippen LogP contribution in [0.3, 0.4) is 0 Å². The van der Waals surface area contributed by atoms with E-state index in [4.69, 9.17) is 0 Å². The molecule has 2 saturated heterocycles. The number of carbonyl (C=O) groups excluding carboxylic acids is 1. The van der Waals surface area contributed by atoms with E-state index in [2.05, 4.69) is 9.62 Å². The number of hydrogen-bond acceptors (Lipinski definition) is 4. The highest BCUT2D eigenvalue weighted by Gasteiger charge is 2.37. The smallest absolute Gasteiger partial charge is 0.240 e. The maximum Gasteiger partial charge on any atom is 0.240 e. The van der Waals surface area contributed by atoms with Gasteiger partial charge in [-0.25, -0.2) is 17.2 Å². The van der Waals surface area contributed by atoms with E-state index in [1.807, 2.05) is 12.1 Å². The number of carbonyl (C=O) groups is 1. The molecule has 2 aliphatic heterocycles. The van der Waals surface area contributed by atoms with Gasteiger partial charge in [-0.2, -0.15) is 0 Å². The van der Waals surface area contributed by atoms with Crippen LogP contribution in [0.2, 0.25) is 0 Å². The number of halogens is 2. The van der Waals surface area contributed by atoms with Crippen LogP contribution < -0.4 is 4.72 Å². The van der Waals surface area contributed by atoms with Crippen LogP contribution in [0.4, 0.5) is 14.5 Å². The summed E-state index contributed by atoms with van der Waals surface area (Å²) in [5.74, 6) is -0.885. The molecule has 4 rings (SSSR count). The van der Waals surface area contributed by atoms with Crippen LogP contribution in [0, 0.1) is 11.6 Å². The Morgan fingerprint density at radius 1 is 1.00 bits per heavy atom. The van der Waals surface area contributed by atoms with E-state index in [9.17, 15) is 22.0 Å². The summed E-state index contributed by atoms with van der Waals surface area (Å²) in [6.07, 6.45) is 3.65. The molecule has 0 radical (unpaired) electrons. The molecule has 0 spiro atoms. The minimum Gasteiger partial charge on any atom is -0.337 e. The van der Waals surface area contributed by atoms with Crippen LogP contribution >= 0.6 is 0 Å². The van der Waals surface area contributed by atoms with Gasteiger partial charge < -0.3 is 4.90 Å². The first-order valence-corrected chi connectivity index (χ1v) is 12.6. The Hall–Kier alpha value is -2.52. The van der Waals surface area contributed by atoms with Crippen LogP contribution in [0.25, 0.3) is 0 Å². The third-order valence-corrected chi connectivity index (χ3v) is 6.91. The van der Waals surface area contributed by atoms with Crippen molar-refractivity contribution in [2.45, 2.75) is 37.8 Å². The Balaban J connectivity index is 1.32. The van der Waals surface area contributed by atoms with Gasteiger partial charge in [0, 0.05) is 30.4 Å². The molecule has 9 heteroatoms. The minimum absolute atomic E-state index is 0.00313. The molecule has 0 aromatic heterocycles. The number of rotatable bonds is 6. The van der Waals surface area contributed by atoms with E-state index in [0.717, 1.165) is 43.8 Å². The average Bonchev–Trinajstić information content (AvgIpc) is 3.10. The van der Waals surface area contributed by atoms with Gasteiger partial charge in [-0.1, -0.05) is 18.2 Å². The molecular formula is C23H27F2N3O3S. The Labute approximate surface area is 187 Å². The Morgan fingerprint density at radius 3 is 2.31 bits per heavy atom. The Kier molecular flexibility index (Phi) is 6.48. The number of amides is 1. The van der Waals surface area contributed by atoms with E-state index < -0.39 is 21.7 Å². The molecule has 2 fully saturated rings. The quantitative estimate of drug-likeness (QED) is 0.714. The summed E-state index contributed by atoms with van der Waals surface area (Å²) in [6.45, 7) is 2.31. The fraction of sp³-hybridized carbons (Fsp3) is 0.435. The molecule has 1 N–H and O–H groups in total. The molecule has 32 heavy (non-hydrogen) atoms. The maximum absolute atomic E-state index is 14.0. The minimum atomic E-state index is -3.30. The maximum atomic E-state index is 14.0. The molecule has 2 heterocycles. The van der Waals surface area contributed by atoms with Gasteiger partial charge in [0.25, 0.3) is 0 Å². The Morgan fingerprint density at radius 2 is 1.69 bits per heavy atom. The zero-order chi connectivity index (χ0) is 22.9. The highest BCUT2D eigenvalue weighted by atomic mass is 32.2. The van der Waals surface area contributed by atoms with Crippen molar-refractivity contribution >= 4 is 21.6 Å². The van der Waals surface area contributed by atoms with Gasteiger partial charge in [0.15, 0.2) is 0 Å². The fourth-order valence-electron chi connectivity index (χ4n) is 4.66. The second kappa shape index (κ2) is 9.15. The first-order valence-electron chi connectivity index (χ1n) is 10.7. The second-order valence-corrected chi connectivity index (χ2v) is 10.4. The molecule has 2 aliphatic rings. The van der Waals surface area contributed by atoms with Crippen molar-refractivity contribution in [3.05, 3.63) is 65.2 Å². The van der Waals surface area contributed by atoms with Gasteiger partial charge in [0.05, 0.1) is 12.3 Å². The zero-order valence-electron chi connectivity index (χ0n) is 17.9. The third kappa shape index (κ3) is 5.27. The van der Waals surface area contributed by atoms with E-state index in [0.29, 0.717) is 30.1 Å². The molecule has 1 amide bonds. The summed E-state index contributed by atoms with van der Waals surface area (Å²) in [7, 11) is -3.30. The topological polar surface area (TPSA) is 69.7 Å². The molecule has 1 atom stereocenters. The number of nitrogens with zero attached hydrogens (tertiary/aromatic N) is 2. The molecule has 0 unspecified atom stereocenters. The molecule has 0 bridgehead atoms. The predicted molar refractivity (Wildman–Crippen MR) is 119 cm³/mol. The molecule has 172 valence electrons. The SMILES string of the molecule is CS(=O)(=O)Nc1ccc(C2CCN([C@@H]3CCN(Cc4ccc(F)cc4F)C3=O)CC2)cc1. The number of anilines is 1. The van der Waals surface area contributed by atoms with Crippen molar-refractivity contribution in [1.29, 1.82) is 0 Å². The van der Waals surface area contributed by atoms with E-state index in [1.165, 1.54) is 12.1 Å². The lowest BCUT2D eigenvalue weighted by Gasteiger charge is -2.35. The largest absolute Gasteiger partial charge is 0.337 e. The highest BCUT2D eigenvalue weighted by molar-refractivity contribution is 7.92. The third-order valence-electron chi connectivity index (χ3n) is 6.30. The zero-order valence-corrected chi connectivity index (χ0v) is 18.7. The molecule has 6 nitrogen and oxygen atoms in total. The van der Waals surface area contributed by atoms with Crippen LogP contribution in [0.5, 0.6) is 0 Å². The number of hydrogen-bond donors (Lipinski definition) is 1. The van der Waals surface area contributed by atoms with Gasteiger partial charge >= 0.3 is 0 Å². The van der Waals surface area contributed by atoms with Crippen molar-refractivity contribution < 1.29 is 22.0 Å². The lowest BCUT2D eigenvalue weighted by Crippen LogP contribution is -2.45. The van der Waals surface area contributed by atoms with E-state index in [-0.39, 0.29) is 18.5 Å². The first-order chi connectivity index (χ1) is 15.2.